The maximum atomic E-state index is 11.2. The zero-order chi connectivity index (χ0) is 13.9. The van der Waals surface area contributed by atoms with Gasteiger partial charge >= 0.3 is 5.69 Å². The topological polar surface area (TPSA) is 78.1 Å². The van der Waals surface area contributed by atoms with E-state index >= 15 is 0 Å². The Morgan fingerprint density at radius 3 is 2.70 bits per heavy atom. The van der Waals surface area contributed by atoms with Crippen LogP contribution in [0.4, 0.5) is 0 Å². The van der Waals surface area contributed by atoms with Crippen molar-refractivity contribution in [1.82, 2.24) is 9.97 Å². The molecule has 0 amide bonds. The van der Waals surface area contributed by atoms with Gasteiger partial charge in [-0.1, -0.05) is 30.3 Å². The molecule has 1 fully saturated rings. The van der Waals surface area contributed by atoms with E-state index in [1.807, 2.05) is 30.3 Å². The lowest BCUT2D eigenvalue weighted by Crippen LogP contribution is -2.09. The third kappa shape index (κ3) is 2.77. The minimum atomic E-state index is -0.355. The normalized spacial score (nSPS) is 22.2. The molecule has 0 saturated heterocycles. The van der Waals surface area contributed by atoms with E-state index in [2.05, 4.69) is 9.97 Å². The summed E-state index contributed by atoms with van der Waals surface area (Å²) >= 11 is 0. The molecule has 2 unspecified atom stereocenters. The van der Waals surface area contributed by atoms with Gasteiger partial charge in [0.25, 0.3) is 0 Å². The Morgan fingerprint density at radius 2 is 2.00 bits per heavy atom. The van der Waals surface area contributed by atoms with E-state index in [4.69, 9.17) is 4.74 Å². The Hall–Kier alpha value is -2.01. The van der Waals surface area contributed by atoms with Gasteiger partial charge in [0.15, 0.2) is 0 Å². The quantitative estimate of drug-likeness (QED) is 0.800. The number of H-pyrrole nitrogens is 2. The van der Waals surface area contributed by atoms with Crippen molar-refractivity contribution in [2.75, 3.05) is 0 Å². The predicted molar refractivity (Wildman–Crippen MR) is 74.7 cm³/mol. The molecule has 5 nitrogen and oxygen atoms in total. The lowest BCUT2D eigenvalue weighted by molar-refractivity contribution is 0.0446. The second-order valence-electron chi connectivity index (χ2n) is 5.27. The highest BCUT2D eigenvalue weighted by molar-refractivity contribution is 5.22. The largest absolute Gasteiger partial charge is 0.493 e. The summed E-state index contributed by atoms with van der Waals surface area (Å²) in [7, 11) is 0. The molecule has 20 heavy (non-hydrogen) atoms. The summed E-state index contributed by atoms with van der Waals surface area (Å²) in [5.41, 5.74) is 1.42. The summed E-state index contributed by atoms with van der Waals surface area (Å²) in [5, 5.41) is 9.66. The number of aromatic amines is 2. The standard InChI is InChI=1S/C15H18N2O3/c18-14-13(16-15(19)17-14)11-6-7-12(8-11)20-9-10-4-2-1-3-5-10/h1-5,11-12,18H,6-9H2,(H2,16,17,19). The van der Waals surface area contributed by atoms with E-state index in [9.17, 15) is 9.90 Å². The highest BCUT2D eigenvalue weighted by Gasteiger charge is 2.29. The predicted octanol–water partition coefficient (Wildman–Crippen LogP) is 2.26. The van der Waals surface area contributed by atoms with Gasteiger partial charge < -0.3 is 14.8 Å². The summed E-state index contributed by atoms with van der Waals surface area (Å²) in [5.74, 6) is 0.124. The van der Waals surface area contributed by atoms with E-state index in [0.29, 0.717) is 12.3 Å². The number of rotatable bonds is 4. The van der Waals surface area contributed by atoms with Gasteiger partial charge in [-0.3, -0.25) is 4.98 Å². The molecule has 0 aliphatic heterocycles. The zero-order valence-corrected chi connectivity index (χ0v) is 11.1. The van der Waals surface area contributed by atoms with E-state index in [0.717, 1.165) is 24.8 Å². The molecule has 2 atom stereocenters. The molecule has 0 radical (unpaired) electrons. The van der Waals surface area contributed by atoms with Gasteiger partial charge in [0, 0.05) is 5.92 Å². The van der Waals surface area contributed by atoms with Crippen molar-refractivity contribution in [2.45, 2.75) is 37.9 Å². The van der Waals surface area contributed by atoms with Crippen molar-refractivity contribution in [3.8, 4) is 5.88 Å². The molecule has 1 aliphatic carbocycles. The number of ether oxygens (including phenoxy) is 1. The zero-order valence-electron chi connectivity index (χ0n) is 11.1. The first-order valence-electron chi connectivity index (χ1n) is 6.89. The first-order valence-corrected chi connectivity index (χ1v) is 6.89. The van der Waals surface area contributed by atoms with Crippen LogP contribution in [-0.2, 0) is 11.3 Å². The molecule has 0 spiro atoms. The first-order chi connectivity index (χ1) is 9.72. The molecular weight excluding hydrogens is 256 g/mol. The summed E-state index contributed by atoms with van der Waals surface area (Å²) in [4.78, 5) is 16.2. The molecule has 5 heteroatoms. The minimum absolute atomic E-state index is 0.0382. The number of hydrogen-bond acceptors (Lipinski definition) is 3. The van der Waals surface area contributed by atoms with Crippen LogP contribution in [0, 0.1) is 0 Å². The number of hydrogen-bond donors (Lipinski definition) is 3. The lowest BCUT2D eigenvalue weighted by atomic mass is 10.0. The van der Waals surface area contributed by atoms with Crippen LogP contribution in [0.1, 0.15) is 36.4 Å². The molecule has 1 saturated carbocycles. The van der Waals surface area contributed by atoms with Gasteiger partial charge in [-0.2, -0.15) is 0 Å². The summed E-state index contributed by atoms with van der Waals surface area (Å²) in [6.07, 6.45) is 2.87. The van der Waals surface area contributed by atoms with Crippen LogP contribution in [0.3, 0.4) is 0 Å². The fourth-order valence-electron chi connectivity index (χ4n) is 2.83. The van der Waals surface area contributed by atoms with Crippen LogP contribution in [0.25, 0.3) is 0 Å². The fraction of sp³-hybridized carbons (Fsp3) is 0.400. The van der Waals surface area contributed by atoms with Gasteiger partial charge in [0.05, 0.1) is 18.4 Å². The Labute approximate surface area is 116 Å². The average molecular weight is 274 g/mol. The van der Waals surface area contributed by atoms with Crippen molar-refractivity contribution in [3.63, 3.8) is 0 Å². The van der Waals surface area contributed by atoms with E-state index < -0.39 is 0 Å². The minimum Gasteiger partial charge on any atom is -0.493 e. The van der Waals surface area contributed by atoms with E-state index in [1.165, 1.54) is 0 Å². The maximum absolute atomic E-state index is 11.2. The molecule has 3 rings (SSSR count). The lowest BCUT2D eigenvalue weighted by Gasteiger charge is -2.12. The maximum Gasteiger partial charge on any atom is 0.325 e. The number of aromatic hydroxyl groups is 1. The third-order valence-corrected chi connectivity index (χ3v) is 3.86. The van der Waals surface area contributed by atoms with Gasteiger partial charge in [0.2, 0.25) is 5.88 Å². The van der Waals surface area contributed by atoms with Crippen molar-refractivity contribution in [3.05, 3.63) is 52.1 Å². The summed E-state index contributed by atoms with van der Waals surface area (Å²) in [6, 6.07) is 10.1. The van der Waals surface area contributed by atoms with Gasteiger partial charge in [0.1, 0.15) is 0 Å². The van der Waals surface area contributed by atoms with Crippen LogP contribution in [0.5, 0.6) is 5.88 Å². The van der Waals surface area contributed by atoms with Crippen molar-refractivity contribution < 1.29 is 9.84 Å². The number of nitrogens with one attached hydrogen (secondary N) is 2. The van der Waals surface area contributed by atoms with Gasteiger partial charge in [-0.05, 0) is 24.8 Å². The van der Waals surface area contributed by atoms with Crippen molar-refractivity contribution in [2.24, 2.45) is 0 Å². The number of imidazole rings is 1. The molecule has 1 aromatic carbocycles. The Kier molecular flexibility index (Phi) is 3.60. The van der Waals surface area contributed by atoms with Crippen LogP contribution in [0.2, 0.25) is 0 Å². The highest BCUT2D eigenvalue weighted by Crippen LogP contribution is 2.37. The Bertz CT molecular complexity index is 618. The highest BCUT2D eigenvalue weighted by atomic mass is 16.5. The second kappa shape index (κ2) is 5.54. The van der Waals surface area contributed by atoms with E-state index in [1.54, 1.807) is 0 Å². The molecule has 106 valence electrons. The Balaban J connectivity index is 1.57. The van der Waals surface area contributed by atoms with Crippen LogP contribution in [0.15, 0.2) is 35.1 Å². The molecular formula is C15H18N2O3. The second-order valence-corrected chi connectivity index (χ2v) is 5.27. The SMILES string of the molecule is O=c1[nH]c(O)c(C2CCC(OCc3ccccc3)C2)[nH]1. The first kappa shape index (κ1) is 13.0. The number of benzene rings is 1. The molecule has 1 aromatic heterocycles. The summed E-state index contributed by atoms with van der Waals surface area (Å²) < 4.78 is 5.90. The van der Waals surface area contributed by atoms with Gasteiger partial charge in [-0.25, -0.2) is 4.79 Å². The van der Waals surface area contributed by atoms with Crippen LogP contribution in [-0.4, -0.2) is 21.2 Å². The van der Waals surface area contributed by atoms with Gasteiger partial charge in [-0.15, -0.1) is 0 Å². The fourth-order valence-corrected chi connectivity index (χ4v) is 2.83. The monoisotopic (exact) mass is 274 g/mol. The van der Waals surface area contributed by atoms with Crippen LogP contribution < -0.4 is 5.69 Å². The average Bonchev–Trinajstić information content (AvgIpc) is 3.04. The molecule has 1 aliphatic rings. The summed E-state index contributed by atoms with van der Waals surface area (Å²) in [6.45, 7) is 0.605. The third-order valence-electron chi connectivity index (χ3n) is 3.86. The molecule has 2 aromatic rings. The molecule has 0 bridgehead atoms. The molecule has 3 N–H and O–H groups in total. The van der Waals surface area contributed by atoms with Crippen molar-refractivity contribution in [1.29, 1.82) is 0 Å². The van der Waals surface area contributed by atoms with Crippen LogP contribution >= 0.6 is 0 Å². The Morgan fingerprint density at radius 1 is 1.20 bits per heavy atom. The molecule has 1 heterocycles. The smallest absolute Gasteiger partial charge is 0.325 e. The number of aromatic nitrogens is 2. The van der Waals surface area contributed by atoms with E-state index in [-0.39, 0.29) is 23.6 Å². The van der Waals surface area contributed by atoms with Crippen molar-refractivity contribution >= 4 is 0 Å².